The number of nitrogens with one attached hydrogen (secondary N) is 1. The summed E-state index contributed by atoms with van der Waals surface area (Å²) in [7, 11) is 0. The van der Waals surface area contributed by atoms with Crippen molar-refractivity contribution in [3.8, 4) is 5.69 Å². The van der Waals surface area contributed by atoms with Gasteiger partial charge in [0.1, 0.15) is 12.7 Å². The quantitative estimate of drug-likeness (QED) is 0.766. The summed E-state index contributed by atoms with van der Waals surface area (Å²) in [6.07, 6.45) is 5.30. The molecular formula is C13H17N5O. The van der Waals surface area contributed by atoms with Crippen molar-refractivity contribution < 1.29 is 4.79 Å². The molecule has 0 aliphatic carbocycles. The van der Waals surface area contributed by atoms with Gasteiger partial charge in [0.25, 0.3) is 0 Å². The monoisotopic (exact) mass is 259 g/mol. The number of hydrogen-bond acceptors (Lipinski definition) is 4. The van der Waals surface area contributed by atoms with Gasteiger partial charge in [-0.05, 0) is 43.7 Å². The average molecular weight is 259 g/mol. The molecule has 0 bridgehead atoms. The predicted molar refractivity (Wildman–Crippen MR) is 72.9 cm³/mol. The molecule has 1 amide bonds. The number of amides is 1. The van der Waals surface area contributed by atoms with Crippen LogP contribution in [0.25, 0.3) is 5.69 Å². The normalized spacial score (nSPS) is 10.4. The van der Waals surface area contributed by atoms with Crippen LogP contribution in [0.15, 0.2) is 36.9 Å². The number of carbonyl (C=O) groups is 1. The van der Waals surface area contributed by atoms with Gasteiger partial charge in [-0.1, -0.05) is 0 Å². The van der Waals surface area contributed by atoms with Crippen molar-refractivity contribution in [1.29, 1.82) is 0 Å². The number of rotatable bonds is 6. The Hall–Kier alpha value is -2.21. The Morgan fingerprint density at radius 2 is 2.05 bits per heavy atom. The molecule has 0 atom stereocenters. The fraction of sp³-hybridized carbons (Fsp3) is 0.308. The van der Waals surface area contributed by atoms with E-state index < -0.39 is 0 Å². The van der Waals surface area contributed by atoms with Gasteiger partial charge in [0.2, 0.25) is 5.91 Å². The Morgan fingerprint density at radius 1 is 1.26 bits per heavy atom. The van der Waals surface area contributed by atoms with Gasteiger partial charge in [-0.15, -0.1) is 0 Å². The molecule has 0 spiro atoms. The van der Waals surface area contributed by atoms with E-state index in [1.54, 1.807) is 11.0 Å². The first kappa shape index (κ1) is 13.2. The summed E-state index contributed by atoms with van der Waals surface area (Å²) >= 11 is 0. The zero-order chi connectivity index (χ0) is 13.5. The highest BCUT2D eigenvalue weighted by molar-refractivity contribution is 5.90. The van der Waals surface area contributed by atoms with Crippen LogP contribution >= 0.6 is 0 Å². The number of nitrogens with two attached hydrogens (primary N) is 1. The van der Waals surface area contributed by atoms with Gasteiger partial charge in [-0.3, -0.25) is 4.79 Å². The van der Waals surface area contributed by atoms with E-state index in [1.165, 1.54) is 6.33 Å². The number of benzene rings is 1. The number of nitrogens with zero attached hydrogens (tertiary/aromatic N) is 3. The first-order valence-corrected chi connectivity index (χ1v) is 6.24. The molecule has 19 heavy (non-hydrogen) atoms. The Morgan fingerprint density at radius 3 is 2.68 bits per heavy atom. The standard InChI is InChI=1S/C13H17N5O/c14-8-2-1-3-13(19)17-11-4-6-12(7-5-11)18-10-15-9-16-18/h4-7,9-10H,1-3,8,14H2,(H,17,19). The zero-order valence-corrected chi connectivity index (χ0v) is 10.6. The molecule has 6 heteroatoms. The summed E-state index contributed by atoms with van der Waals surface area (Å²) in [5.41, 5.74) is 7.07. The lowest BCUT2D eigenvalue weighted by Gasteiger charge is -2.06. The van der Waals surface area contributed by atoms with Crippen molar-refractivity contribution in [3.63, 3.8) is 0 Å². The molecule has 2 aromatic rings. The third-order valence-corrected chi connectivity index (χ3v) is 2.69. The van der Waals surface area contributed by atoms with Gasteiger partial charge in [0.05, 0.1) is 5.69 Å². The summed E-state index contributed by atoms with van der Waals surface area (Å²) in [4.78, 5) is 15.5. The van der Waals surface area contributed by atoms with Gasteiger partial charge < -0.3 is 11.1 Å². The highest BCUT2D eigenvalue weighted by Crippen LogP contribution is 2.12. The maximum Gasteiger partial charge on any atom is 0.224 e. The second-order valence-corrected chi connectivity index (χ2v) is 4.18. The molecule has 0 saturated heterocycles. The first-order chi connectivity index (χ1) is 9.29. The van der Waals surface area contributed by atoms with E-state index >= 15 is 0 Å². The summed E-state index contributed by atoms with van der Waals surface area (Å²) < 4.78 is 1.66. The molecule has 1 aromatic carbocycles. The average Bonchev–Trinajstić information content (AvgIpc) is 2.94. The van der Waals surface area contributed by atoms with Gasteiger partial charge >= 0.3 is 0 Å². The van der Waals surface area contributed by atoms with E-state index in [1.807, 2.05) is 24.3 Å². The van der Waals surface area contributed by atoms with Crippen LogP contribution in [-0.2, 0) is 4.79 Å². The summed E-state index contributed by atoms with van der Waals surface area (Å²) in [5.74, 6) is 0.0157. The van der Waals surface area contributed by atoms with Crippen molar-refractivity contribution >= 4 is 11.6 Å². The molecule has 0 radical (unpaired) electrons. The Kier molecular flexibility index (Phi) is 4.63. The minimum atomic E-state index is 0.0157. The topological polar surface area (TPSA) is 85.8 Å². The molecule has 0 aliphatic heterocycles. The van der Waals surface area contributed by atoms with E-state index in [2.05, 4.69) is 15.4 Å². The van der Waals surface area contributed by atoms with Gasteiger partial charge in [0.15, 0.2) is 0 Å². The van der Waals surface area contributed by atoms with Gasteiger partial charge in [0, 0.05) is 12.1 Å². The lowest BCUT2D eigenvalue weighted by atomic mass is 10.2. The van der Waals surface area contributed by atoms with E-state index in [4.69, 9.17) is 5.73 Å². The van der Waals surface area contributed by atoms with Crippen molar-refractivity contribution in [3.05, 3.63) is 36.9 Å². The molecule has 0 aliphatic rings. The zero-order valence-electron chi connectivity index (χ0n) is 10.6. The van der Waals surface area contributed by atoms with Crippen LogP contribution in [0, 0.1) is 0 Å². The lowest BCUT2D eigenvalue weighted by Crippen LogP contribution is -2.12. The van der Waals surface area contributed by atoms with Gasteiger partial charge in [-0.25, -0.2) is 9.67 Å². The third kappa shape index (κ3) is 3.89. The molecule has 6 nitrogen and oxygen atoms in total. The van der Waals surface area contributed by atoms with Crippen LogP contribution in [-0.4, -0.2) is 27.2 Å². The summed E-state index contributed by atoms with van der Waals surface area (Å²) in [6, 6.07) is 7.45. The van der Waals surface area contributed by atoms with Crippen molar-refractivity contribution in [2.45, 2.75) is 19.3 Å². The predicted octanol–water partition coefficient (Wildman–Crippen LogP) is 1.33. The van der Waals surface area contributed by atoms with Crippen molar-refractivity contribution in [2.75, 3.05) is 11.9 Å². The minimum Gasteiger partial charge on any atom is -0.330 e. The number of unbranched alkanes of at least 4 members (excludes halogenated alkanes) is 1. The molecule has 3 N–H and O–H groups in total. The van der Waals surface area contributed by atoms with Crippen LogP contribution < -0.4 is 11.1 Å². The molecule has 0 unspecified atom stereocenters. The smallest absolute Gasteiger partial charge is 0.224 e. The van der Waals surface area contributed by atoms with Crippen LogP contribution in [0.3, 0.4) is 0 Å². The van der Waals surface area contributed by atoms with Crippen molar-refractivity contribution in [2.24, 2.45) is 5.73 Å². The highest BCUT2D eigenvalue weighted by Gasteiger charge is 2.02. The molecule has 0 saturated carbocycles. The highest BCUT2D eigenvalue weighted by atomic mass is 16.1. The number of carbonyl (C=O) groups excluding carboxylic acids is 1. The minimum absolute atomic E-state index is 0.0157. The molecule has 0 fully saturated rings. The van der Waals surface area contributed by atoms with E-state index in [-0.39, 0.29) is 5.91 Å². The Labute approximate surface area is 111 Å². The fourth-order valence-corrected chi connectivity index (χ4v) is 1.69. The summed E-state index contributed by atoms with van der Waals surface area (Å²) in [6.45, 7) is 0.625. The second kappa shape index (κ2) is 6.65. The SMILES string of the molecule is NCCCCC(=O)Nc1ccc(-n2cncn2)cc1. The third-order valence-electron chi connectivity index (χ3n) is 2.69. The molecular weight excluding hydrogens is 242 g/mol. The largest absolute Gasteiger partial charge is 0.330 e. The number of anilines is 1. The molecule has 1 aromatic heterocycles. The van der Waals surface area contributed by atoms with Gasteiger partial charge in [-0.2, -0.15) is 5.10 Å². The van der Waals surface area contributed by atoms with Crippen LogP contribution in [0.2, 0.25) is 0 Å². The van der Waals surface area contributed by atoms with E-state index in [0.29, 0.717) is 13.0 Å². The maximum atomic E-state index is 11.6. The van der Waals surface area contributed by atoms with Crippen LogP contribution in [0.4, 0.5) is 5.69 Å². The first-order valence-electron chi connectivity index (χ1n) is 6.24. The Balaban J connectivity index is 1.90. The number of aromatic nitrogens is 3. The molecule has 2 rings (SSSR count). The maximum absolute atomic E-state index is 11.6. The van der Waals surface area contributed by atoms with Crippen LogP contribution in [0.1, 0.15) is 19.3 Å². The van der Waals surface area contributed by atoms with Crippen LogP contribution in [0.5, 0.6) is 0 Å². The van der Waals surface area contributed by atoms with E-state index in [9.17, 15) is 4.79 Å². The molecule has 100 valence electrons. The Bertz CT molecular complexity index is 506. The second-order valence-electron chi connectivity index (χ2n) is 4.18. The molecule has 1 heterocycles. The lowest BCUT2D eigenvalue weighted by molar-refractivity contribution is -0.116. The summed E-state index contributed by atoms with van der Waals surface area (Å²) in [5, 5.41) is 6.88. The fourth-order valence-electron chi connectivity index (χ4n) is 1.69. The van der Waals surface area contributed by atoms with E-state index in [0.717, 1.165) is 24.2 Å². The number of hydrogen-bond donors (Lipinski definition) is 2. The van der Waals surface area contributed by atoms with Crippen molar-refractivity contribution in [1.82, 2.24) is 14.8 Å².